The van der Waals surface area contributed by atoms with Gasteiger partial charge in [-0.05, 0) is 6.42 Å². The molecule has 0 fully saturated rings. The van der Waals surface area contributed by atoms with Gasteiger partial charge in [-0.2, -0.15) is 13.2 Å². The maximum absolute atomic E-state index is 11.3. The van der Waals surface area contributed by atoms with Crippen molar-refractivity contribution in [3.63, 3.8) is 0 Å². The van der Waals surface area contributed by atoms with Gasteiger partial charge in [-0.25, -0.2) is 0 Å². The molecule has 44 valence electrons. The molecule has 0 aliphatic carbocycles. The van der Waals surface area contributed by atoms with E-state index in [2.05, 4.69) is 0 Å². The summed E-state index contributed by atoms with van der Waals surface area (Å²) in [6.07, 6.45) is -6.39. The topological polar surface area (TPSA) is 0 Å². The Labute approximate surface area is 41.7 Å². The quantitative estimate of drug-likeness (QED) is 0.490. The highest BCUT2D eigenvalue weighted by Crippen LogP contribution is 2.20. The molecular weight excluding hydrogens is 105 g/mol. The molecule has 1 unspecified atom stereocenters. The first-order valence-electron chi connectivity index (χ1n) is 2.55. The predicted molar refractivity (Wildman–Crippen MR) is 21.0 cm³/mol. The van der Waals surface area contributed by atoms with Crippen LogP contribution in [0.1, 0.15) is 21.1 Å². The Morgan fingerprint density at radius 3 is 2.00 bits per heavy atom. The molecule has 1 atom stereocenters. The molecule has 0 spiro atoms. The summed E-state index contributed by atoms with van der Waals surface area (Å²) >= 11 is 0. The van der Waals surface area contributed by atoms with Crippen LogP contribution >= 0.6 is 0 Å². The second-order valence-electron chi connectivity index (χ2n) is 1.15. The van der Waals surface area contributed by atoms with Crippen molar-refractivity contribution in [3.05, 3.63) is 0 Å². The average molecular weight is 114 g/mol. The van der Waals surface area contributed by atoms with E-state index in [0.717, 1.165) is 0 Å². The Bertz CT molecular complexity index is 68.2. The third kappa shape index (κ3) is 5.79. The summed E-state index contributed by atoms with van der Waals surface area (Å²) < 4.78 is 40.1. The van der Waals surface area contributed by atoms with E-state index in [9.17, 15) is 13.2 Å². The van der Waals surface area contributed by atoms with Crippen molar-refractivity contribution in [1.82, 2.24) is 0 Å². The van der Waals surface area contributed by atoms with Gasteiger partial charge >= 0.3 is 6.18 Å². The highest BCUT2D eigenvalue weighted by Gasteiger charge is 2.24. The zero-order chi connectivity index (χ0) is 6.78. The van der Waals surface area contributed by atoms with E-state index in [1.165, 1.54) is 6.92 Å². The summed E-state index contributed by atoms with van der Waals surface area (Å²) in [5, 5.41) is 0. The van der Waals surface area contributed by atoms with Crippen LogP contribution < -0.4 is 0 Å². The van der Waals surface area contributed by atoms with Crippen LogP contribution in [-0.2, 0) is 0 Å². The maximum Gasteiger partial charge on any atom is 0.389 e. The minimum absolute atomic E-state index is 0.163. The lowest BCUT2D eigenvalue weighted by Crippen LogP contribution is -2.04. The summed E-state index contributed by atoms with van der Waals surface area (Å²) in [6, 6.07) is 0. The van der Waals surface area contributed by atoms with Crippen molar-refractivity contribution >= 4 is 0 Å². The molecule has 0 nitrogen and oxygen atoms in total. The third-order valence-corrected chi connectivity index (χ3v) is 0.436. The Hall–Kier alpha value is -0.210. The Morgan fingerprint density at radius 1 is 1.57 bits per heavy atom. The van der Waals surface area contributed by atoms with Gasteiger partial charge in [0.1, 0.15) is 0 Å². The van der Waals surface area contributed by atoms with Crippen LogP contribution in [-0.4, -0.2) is 6.18 Å². The average Bonchev–Trinajstić information content (AvgIpc) is 1.62. The number of rotatable bonds is 1. The molecular formula is C4H7F3. The fraction of sp³-hybridized carbons (Fsp3) is 1.00. The van der Waals surface area contributed by atoms with Gasteiger partial charge in [0.25, 0.3) is 0 Å². The van der Waals surface area contributed by atoms with Crippen LogP contribution in [0.15, 0.2) is 0 Å². The molecule has 0 aromatic rings. The highest BCUT2D eigenvalue weighted by atomic mass is 19.4. The van der Waals surface area contributed by atoms with Crippen molar-refractivity contribution < 1.29 is 14.5 Å². The van der Waals surface area contributed by atoms with Crippen molar-refractivity contribution in [1.29, 1.82) is 0 Å². The molecule has 0 rings (SSSR count). The van der Waals surface area contributed by atoms with Gasteiger partial charge in [-0.15, -0.1) is 0 Å². The first kappa shape index (κ1) is 4.94. The Kier molecular flexibility index (Phi) is 1.54. The standard InChI is InChI=1S/C4H7F3/c1-2-3-4(5,6)7/h2-3H2,1H3/i3T. The molecule has 0 radical (unpaired) electrons. The van der Waals surface area contributed by atoms with Crippen LogP contribution in [0.25, 0.3) is 0 Å². The zero-order valence-electron chi connectivity index (χ0n) is 4.92. The lowest BCUT2D eigenvalue weighted by atomic mass is 10.3. The van der Waals surface area contributed by atoms with Crippen LogP contribution in [0.3, 0.4) is 0 Å². The molecule has 3 heteroatoms. The molecule has 0 amide bonds. The van der Waals surface area contributed by atoms with Gasteiger partial charge in [0.05, 0.1) is 0 Å². The molecule has 0 saturated heterocycles. The second-order valence-corrected chi connectivity index (χ2v) is 1.15. The lowest BCUT2D eigenvalue weighted by molar-refractivity contribution is -0.134. The zero-order valence-corrected chi connectivity index (χ0v) is 3.92. The smallest absolute Gasteiger partial charge is 0.171 e. The van der Waals surface area contributed by atoms with Crippen LogP contribution in [0.2, 0.25) is 0 Å². The highest BCUT2D eigenvalue weighted by molar-refractivity contribution is 4.44. The normalized spacial score (nSPS) is 18.6. The third-order valence-electron chi connectivity index (χ3n) is 0.436. The van der Waals surface area contributed by atoms with Gasteiger partial charge in [-0.3, -0.25) is 0 Å². The van der Waals surface area contributed by atoms with Gasteiger partial charge in [0.15, 0.2) is 0 Å². The van der Waals surface area contributed by atoms with E-state index in [0.29, 0.717) is 0 Å². The largest absolute Gasteiger partial charge is 0.389 e. The van der Waals surface area contributed by atoms with E-state index < -0.39 is 12.6 Å². The van der Waals surface area contributed by atoms with E-state index >= 15 is 0 Å². The SMILES string of the molecule is [3H]C(CC)C(F)(F)F. The van der Waals surface area contributed by atoms with Crippen molar-refractivity contribution in [2.75, 3.05) is 0 Å². The first-order chi connectivity index (χ1) is 3.48. The van der Waals surface area contributed by atoms with Gasteiger partial charge in [0, 0.05) is 7.77 Å². The summed E-state index contributed by atoms with van der Waals surface area (Å²) in [7, 11) is 0. The minimum atomic E-state index is -4.32. The second kappa shape index (κ2) is 2.19. The van der Waals surface area contributed by atoms with Crippen molar-refractivity contribution in [2.24, 2.45) is 0 Å². The number of halogens is 3. The number of hydrogen-bond acceptors (Lipinski definition) is 0. The summed E-state index contributed by atoms with van der Waals surface area (Å²) in [5.41, 5.74) is 0. The van der Waals surface area contributed by atoms with Crippen LogP contribution in [0.4, 0.5) is 13.2 Å². The predicted octanol–water partition coefficient (Wildman–Crippen LogP) is 2.35. The monoisotopic (exact) mass is 114 g/mol. The maximum atomic E-state index is 11.3. The summed E-state index contributed by atoms with van der Waals surface area (Å²) in [4.78, 5) is 0. The summed E-state index contributed by atoms with van der Waals surface area (Å²) in [6.45, 7) is 1.34. The molecule has 0 aliphatic heterocycles. The fourth-order valence-corrected chi connectivity index (χ4v) is 0.231. The van der Waals surface area contributed by atoms with Crippen LogP contribution in [0.5, 0.6) is 0 Å². The molecule has 0 aliphatic rings. The molecule has 0 saturated carbocycles. The van der Waals surface area contributed by atoms with Gasteiger partial charge in [0.2, 0.25) is 0 Å². The molecule has 0 aromatic carbocycles. The molecule has 0 N–H and O–H groups in total. The van der Waals surface area contributed by atoms with E-state index in [1.807, 2.05) is 0 Å². The first-order valence-corrected chi connectivity index (χ1v) is 1.97. The lowest BCUT2D eigenvalue weighted by Gasteiger charge is -2.00. The van der Waals surface area contributed by atoms with E-state index in [1.54, 1.807) is 0 Å². The number of hydrogen-bond donors (Lipinski definition) is 0. The molecule has 7 heavy (non-hydrogen) atoms. The van der Waals surface area contributed by atoms with Crippen molar-refractivity contribution in [3.8, 4) is 0 Å². The molecule has 0 aromatic heterocycles. The minimum Gasteiger partial charge on any atom is -0.171 e. The van der Waals surface area contributed by atoms with Gasteiger partial charge in [-0.1, -0.05) is 6.92 Å². The van der Waals surface area contributed by atoms with Crippen LogP contribution in [0, 0.1) is 0 Å². The fourth-order valence-electron chi connectivity index (χ4n) is 0.231. The van der Waals surface area contributed by atoms with Gasteiger partial charge < -0.3 is 0 Å². The Morgan fingerprint density at radius 2 is 2.00 bits per heavy atom. The van der Waals surface area contributed by atoms with Crippen molar-refractivity contribution in [2.45, 2.75) is 25.9 Å². The molecule has 0 bridgehead atoms. The van der Waals surface area contributed by atoms with E-state index in [-0.39, 0.29) is 6.42 Å². The summed E-state index contributed by atoms with van der Waals surface area (Å²) in [5.74, 6) is 0. The molecule has 0 heterocycles. The number of alkyl halides is 3. The van der Waals surface area contributed by atoms with E-state index in [4.69, 9.17) is 1.37 Å². The Balaban J connectivity index is 3.62.